The van der Waals surface area contributed by atoms with E-state index in [0.29, 0.717) is 5.56 Å². The van der Waals surface area contributed by atoms with Gasteiger partial charge in [0.1, 0.15) is 5.75 Å². The molecule has 0 aliphatic heterocycles. The monoisotopic (exact) mass is 585 g/mol. The zero-order chi connectivity index (χ0) is 24.9. The second-order valence-electron chi connectivity index (χ2n) is 10.4. The Morgan fingerprint density at radius 1 is 0.941 bits per heavy atom. The molecule has 0 saturated carbocycles. The fourth-order valence-electron chi connectivity index (χ4n) is 3.66. The summed E-state index contributed by atoms with van der Waals surface area (Å²) in [5.74, 6) is 0.946. The van der Waals surface area contributed by atoms with Gasteiger partial charge >= 0.3 is 0 Å². The van der Waals surface area contributed by atoms with E-state index in [1.54, 1.807) is 0 Å². The van der Waals surface area contributed by atoms with Crippen LogP contribution in [0.5, 0.6) is 5.75 Å². The number of hydrogen-bond acceptors (Lipinski definition) is 3. The van der Waals surface area contributed by atoms with Crippen molar-refractivity contribution in [3.05, 3.63) is 99.1 Å². The Morgan fingerprint density at radius 2 is 1.53 bits per heavy atom. The van der Waals surface area contributed by atoms with Gasteiger partial charge in [0.15, 0.2) is 5.78 Å². The summed E-state index contributed by atoms with van der Waals surface area (Å²) >= 11 is 2.38. The van der Waals surface area contributed by atoms with Gasteiger partial charge in [-0.1, -0.05) is 69.3 Å². The van der Waals surface area contributed by atoms with Crippen molar-refractivity contribution >= 4 is 36.7 Å². The molecular weight excluding hydrogens is 549 g/mol. The van der Waals surface area contributed by atoms with Crippen LogP contribution in [-0.2, 0) is 6.42 Å². The largest absolute Gasteiger partial charge is 0.544 e. The Bertz CT molecular complexity index is 1090. The molecule has 0 aromatic heterocycles. The molecule has 3 aromatic rings. The first-order chi connectivity index (χ1) is 16.0. The minimum absolute atomic E-state index is 0.107. The van der Waals surface area contributed by atoms with Crippen LogP contribution in [-0.4, -0.2) is 32.6 Å². The third kappa shape index (κ3) is 6.58. The summed E-state index contributed by atoms with van der Waals surface area (Å²) in [5.41, 5.74) is 3.03. The fraction of sp³-hybridized carbons (Fsp3) is 0.345. The Morgan fingerprint density at radius 3 is 2.12 bits per heavy atom. The predicted molar refractivity (Wildman–Crippen MR) is 153 cm³/mol. The summed E-state index contributed by atoms with van der Waals surface area (Å²) in [6.45, 7) is 12.0. The number of nitrogens with zero attached hydrogens (tertiary/aromatic N) is 1. The number of benzene rings is 3. The van der Waals surface area contributed by atoms with E-state index in [2.05, 4.69) is 85.6 Å². The van der Waals surface area contributed by atoms with Crippen LogP contribution in [0.25, 0.3) is 0 Å². The molecule has 34 heavy (non-hydrogen) atoms. The number of carbonyl (C=O) groups is 1. The van der Waals surface area contributed by atoms with Gasteiger partial charge in [-0.15, -0.1) is 0 Å². The van der Waals surface area contributed by atoms with Gasteiger partial charge in [-0.3, -0.25) is 9.69 Å². The minimum Gasteiger partial charge on any atom is -0.544 e. The first-order valence-corrected chi connectivity index (χ1v) is 15.8. The summed E-state index contributed by atoms with van der Waals surface area (Å²) < 4.78 is 7.67. The van der Waals surface area contributed by atoms with Gasteiger partial charge in [-0.05, 0) is 95.7 Å². The van der Waals surface area contributed by atoms with Gasteiger partial charge in [0.05, 0.1) is 6.04 Å². The van der Waals surface area contributed by atoms with Crippen LogP contribution in [0.2, 0.25) is 18.1 Å². The SMILES string of the molecule is CN(CCc1ccccc1I)C(C(=O)c1ccc(O[Si](C)(C)C(C)(C)C)cc1)c1ccccc1. The first-order valence-electron chi connectivity index (χ1n) is 11.8. The molecule has 180 valence electrons. The molecule has 1 atom stereocenters. The number of ketones is 1. The standard InChI is InChI=1S/C29H36INO2Si/c1-29(2,3)34(5,6)33-25-18-16-24(17-19-25)28(32)27(23-13-8-7-9-14-23)31(4)21-20-22-12-10-11-15-26(22)30/h7-19,27H,20-21H2,1-6H3. The third-order valence-corrected chi connectivity index (χ3v) is 12.2. The van der Waals surface area contributed by atoms with Gasteiger partial charge in [0.25, 0.3) is 0 Å². The molecule has 0 saturated heterocycles. The summed E-state index contributed by atoms with van der Waals surface area (Å²) in [5, 5.41) is 0.124. The van der Waals surface area contributed by atoms with E-state index in [0.717, 1.165) is 24.3 Å². The van der Waals surface area contributed by atoms with Crippen LogP contribution in [0.15, 0.2) is 78.9 Å². The van der Waals surface area contributed by atoms with Crippen molar-refractivity contribution in [2.24, 2.45) is 0 Å². The molecule has 3 nitrogen and oxygen atoms in total. The number of carbonyl (C=O) groups excluding carboxylic acids is 1. The number of Topliss-reactive ketones (excluding diaryl/α,β-unsaturated/α-hetero) is 1. The summed E-state index contributed by atoms with van der Waals surface area (Å²) in [7, 11) is 0.118. The molecule has 0 aliphatic carbocycles. The fourth-order valence-corrected chi connectivity index (χ4v) is 5.35. The Kier molecular flexibility index (Phi) is 8.76. The van der Waals surface area contributed by atoms with E-state index in [9.17, 15) is 4.79 Å². The Hall–Kier alpha value is -1.96. The highest BCUT2D eigenvalue weighted by molar-refractivity contribution is 14.1. The van der Waals surface area contributed by atoms with Gasteiger partial charge in [0.2, 0.25) is 8.32 Å². The molecular formula is C29H36INO2Si. The summed E-state index contributed by atoms with van der Waals surface area (Å²) in [6, 6.07) is 25.9. The maximum absolute atomic E-state index is 13.7. The van der Waals surface area contributed by atoms with Gasteiger partial charge < -0.3 is 4.43 Å². The quantitative estimate of drug-likeness (QED) is 0.146. The molecule has 5 heteroatoms. The lowest BCUT2D eigenvalue weighted by Crippen LogP contribution is -2.43. The predicted octanol–water partition coefficient (Wildman–Crippen LogP) is 7.77. The molecule has 0 bridgehead atoms. The molecule has 0 heterocycles. The molecule has 3 rings (SSSR count). The van der Waals surface area contributed by atoms with Crippen LogP contribution in [0.4, 0.5) is 0 Å². The second-order valence-corrected chi connectivity index (χ2v) is 16.3. The summed E-state index contributed by atoms with van der Waals surface area (Å²) in [4.78, 5) is 15.9. The van der Waals surface area contributed by atoms with E-state index >= 15 is 0 Å². The van der Waals surface area contributed by atoms with Crippen molar-refractivity contribution in [3.8, 4) is 5.75 Å². The highest BCUT2D eigenvalue weighted by Gasteiger charge is 2.39. The van der Waals surface area contributed by atoms with E-state index in [1.165, 1.54) is 9.13 Å². The minimum atomic E-state index is -1.92. The topological polar surface area (TPSA) is 29.5 Å². The lowest BCUT2D eigenvalue weighted by atomic mass is 9.95. The molecule has 0 amide bonds. The zero-order valence-electron chi connectivity index (χ0n) is 21.1. The van der Waals surface area contributed by atoms with E-state index in [-0.39, 0.29) is 16.9 Å². The lowest BCUT2D eigenvalue weighted by Gasteiger charge is -2.36. The molecule has 0 N–H and O–H groups in total. The van der Waals surface area contributed by atoms with Crippen molar-refractivity contribution in [2.45, 2.75) is 51.4 Å². The highest BCUT2D eigenvalue weighted by atomic mass is 127. The smallest absolute Gasteiger partial charge is 0.250 e. The van der Waals surface area contributed by atoms with Crippen molar-refractivity contribution in [3.63, 3.8) is 0 Å². The maximum atomic E-state index is 13.7. The van der Waals surface area contributed by atoms with Crippen molar-refractivity contribution < 1.29 is 9.22 Å². The molecule has 0 fully saturated rings. The Labute approximate surface area is 219 Å². The van der Waals surface area contributed by atoms with Gasteiger partial charge in [-0.25, -0.2) is 0 Å². The van der Waals surface area contributed by atoms with E-state index in [1.807, 2.05) is 61.6 Å². The second kappa shape index (κ2) is 11.2. The van der Waals surface area contributed by atoms with Crippen molar-refractivity contribution in [2.75, 3.05) is 13.6 Å². The molecule has 0 spiro atoms. The van der Waals surface area contributed by atoms with Crippen LogP contribution >= 0.6 is 22.6 Å². The third-order valence-electron chi connectivity index (χ3n) is 6.81. The van der Waals surface area contributed by atoms with Crippen LogP contribution < -0.4 is 4.43 Å². The van der Waals surface area contributed by atoms with Crippen molar-refractivity contribution in [1.82, 2.24) is 4.90 Å². The van der Waals surface area contributed by atoms with Crippen LogP contribution in [0.3, 0.4) is 0 Å². The van der Waals surface area contributed by atoms with E-state index < -0.39 is 8.32 Å². The van der Waals surface area contributed by atoms with Gasteiger partial charge in [-0.2, -0.15) is 0 Å². The number of rotatable bonds is 9. The lowest BCUT2D eigenvalue weighted by molar-refractivity contribution is 0.0852. The zero-order valence-corrected chi connectivity index (χ0v) is 24.3. The average Bonchev–Trinajstić information content (AvgIpc) is 2.79. The summed E-state index contributed by atoms with van der Waals surface area (Å²) in [6.07, 6.45) is 0.894. The van der Waals surface area contributed by atoms with Gasteiger partial charge in [0, 0.05) is 15.7 Å². The number of likely N-dealkylation sites (N-methyl/N-ethyl adjacent to an activating group) is 1. The number of halogens is 1. The van der Waals surface area contributed by atoms with E-state index in [4.69, 9.17) is 4.43 Å². The van der Waals surface area contributed by atoms with Crippen LogP contribution in [0, 0.1) is 3.57 Å². The van der Waals surface area contributed by atoms with Crippen molar-refractivity contribution in [1.29, 1.82) is 0 Å². The molecule has 3 aromatic carbocycles. The molecule has 0 radical (unpaired) electrons. The molecule has 1 unspecified atom stereocenters. The normalized spacial score (nSPS) is 13.1. The number of hydrogen-bond donors (Lipinski definition) is 0. The average molecular weight is 586 g/mol. The maximum Gasteiger partial charge on any atom is 0.250 e. The first kappa shape index (κ1) is 26.6. The van der Waals surface area contributed by atoms with Crippen LogP contribution in [0.1, 0.15) is 48.3 Å². The molecule has 0 aliphatic rings. The highest BCUT2D eigenvalue weighted by Crippen LogP contribution is 2.37. The Balaban J connectivity index is 1.81.